The molecule has 0 radical (unpaired) electrons. The molecule has 156 valence electrons. The first-order chi connectivity index (χ1) is 14.1. The molecule has 1 aromatic carbocycles. The monoisotopic (exact) mass is 396 g/mol. The van der Waals surface area contributed by atoms with E-state index >= 15 is 0 Å². The number of ether oxygens (including phenoxy) is 1. The molecule has 1 aromatic heterocycles. The van der Waals surface area contributed by atoms with Crippen LogP contribution < -0.4 is 0 Å². The van der Waals surface area contributed by atoms with Crippen LogP contribution in [0.15, 0.2) is 36.7 Å². The van der Waals surface area contributed by atoms with E-state index < -0.39 is 0 Å². The first-order valence-corrected chi connectivity index (χ1v) is 10.8. The minimum atomic E-state index is 0.0580. The van der Waals surface area contributed by atoms with Crippen molar-refractivity contribution >= 4 is 5.91 Å². The van der Waals surface area contributed by atoms with E-state index in [0.29, 0.717) is 12.3 Å². The predicted octanol–water partition coefficient (Wildman–Crippen LogP) is 3.29. The molecule has 2 aliphatic heterocycles. The van der Waals surface area contributed by atoms with Gasteiger partial charge in [-0.15, -0.1) is 10.2 Å². The Morgan fingerprint density at radius 2 is 2.00 bits per heavy atom. The zero-order valence-corrected chi connectivity index (χ0v) is 17.6. The highest BCUT2D eigenvalue weighted by Crippen LogP contribution is 2.49. The van der Waals surface area contributed by atoms with Gasteiger partial charge >= 0.3 is 0 Å². The maximum Gasteiger partial charge on any atom is 0.222 e. The molecule has 2 fully saturated rings. The van der Waals surface area contributed by atoms with Gasteiger partial charge in [0.25, 0.3) is 0 Å². The summed E-state index contributed by atoms with van der Waals surface area (Å²) < 4.78 is 7.87. The molecule has 2 saturated heterocycles. The Morgan fingerprint density at radius 3 is 2.72 bits per heavy atom. The molecule has 1 atom stereocenters. The number of carbonyl (C=O) groups excluding carboxylic acids is 1. The van der Waals surface area contributed by atoms with Crippen LogP contribution in [0.2, 0.25) is 0 Å². The highest BCUT2D eigenvalue weighted by molar-refractivity contribution is 5.77. The Hall–Kier alpha value is -2.21. The SMILES string of the molecule is CC(C)Cn1cnnc1C1CN(C(=O)CCc2ccccc2)CC12CCOCC2. The zero-order valence-electron chi connectivity index (χ0n) is 17.6. The molecule has 2 aliphatic rings. The van der Waals surface area contributed by atoms with E-state index in [1.54, 1.807) is 0 Å². The summed E-state index contributed by atoms with van der Waals surface area (Å²) in [4.78, 5) is 15.2. The summed E-state index contributed by atoms with van der Waals surface area (Å²) in [5.74, 6) is 2.05. The molecule has 1 unspecified atom stereocenters. The number of hydrogen-bond donors (Lipinski definition) is 0. The second-order valence-corrected chi connectivity index (χ2v) is 9.02. The van der Waals surface area contributed by atoms with Crippen LogP contribution in [0.1, 0.15) is 50.4 Å². The Balaban J connectivity index is 1.52. The Morgan fingerprint density at radius 1 is 1.24 bits per heavy atom. The number of carbonyl (C=O) groups is 1. The van der Waals surface area contributed by atoms with Crippen LogP contribution in [0, 0.1) is 11.3 Å². The molecule has 0 bridgehead atoms. The maximum atomic E-state index is 13.1. The van der Waals surface area contributed by atoms with Crippen LogP contribution in [0.25, 0.3) is 0 Å². The molecule has 2 aromatic rings. The van der Waals surface area contributed by atoms with E-state index in [0.717, 1.165) is 57.9 Å². The molecular formula is C23H32N4O2. The number of aryl methyl sites for hydroxylation is 1. The van der Waals surface area contributed by atoms with Crippen LogP contribution >= 0.6 is 0 Å². The lowest BCUT2D eigenvalue weighted by atomic mass is 9.71. The topological polar surface area (TPSA) is 60.2 Å². The number of aromatic nitrogens is 3. The minimum absolute atomic E-state index is 0.0580. The van der Waals surface area contributed by atoms with Crippen molar-refractivity contribution in [2.45, 2.75) is 52.0 Å². The number of likely N-dealkylation sites (tertiary alicyclic amines) is 1. The number of nitrogens with zero attached hydrogens (tertiary/aromatic N) is 4. The Labute approximate surface area is 173 Å². The first kappa shape index (κ1) is 20.1. The molecule has 0 saturated carbocycles. The van der Waals surface area contributed by atoms with E-state index in [1.807, 2.05) is 24.5 Å². The summed E-state index contributed by atoms with van der Waals surface area (Å²) in [6.07, 6.45) is 5.16. The second kappa shape index (κ2) is 8.66. The van der Waals surface area contributed by atoms with Crippen molar-refractivity contribution in [1.29, 1.82) is 0 Å². The largest absolute Gasteiger partial charge is 0.381 e. The molecule has 6 heteroatoms. The van der Waals surface area contributed by atoms with Gasteiger partial charge in [-0.05, 0) is 30.7 Å². The average molecular weight is 397 g/mol. The summed E-state index contributed by atoms with van der Waals surface area (Å²) in [7, 11) is 0. The van der Waals surface area contributed by atoms with Gasteiger partial charge in [0.05, 0.1) is 0 Å². The van der Waals surface area contributed by atoms with Crippen molar-refractivity contribution in [3.05, 3.63) is 48.0 Å². The molecule has 3 heterocycles. The average Bonchev–Trinajstić information content (AvgIpc) is 3.31. The molecule has 6 nitrogen and oxygen atoms in total. The maximum absolute atomic E-state index is 13.1. The third kappa shape index (κ3) is 4.37. The van der Waals surface area contributed by atoms with Gasteiger partial charge in [-0.25, -0.2) is 0 Å². The van der Waals surface area contributed by atoms with Crippen LogP contribution in [0.4, 0.5) is 0 Å². The summed E-state index contributed by atoms with van der Waals surface area (Å²) in [6.45, 7) is 8.41. The predicted molar refractivity (Wildman–Crippen MR) is 111 cm³/mol. The van der Waals surface area contributed by atoms with Gasteiger partial charge in [0.15, 0.2) is 0 Å². The third-order valence-electron chi connectivity index (χ3n) is 6.48. The molecule has 29 heavy (non-hydrogen) atoms. The van der Waals surface area contributed by atoms with Crippen LogP contribution in [-0.2, 0) is 22.5 Å². The highest BCUT2D eigenvalue weighted by Gasteiger charge is 2.50. The third-order valence-corrected chi connectivity index (χ3v) is 6.48. The second-order valence-electron chi connectivity index (χ2n) is 9.02. The minimum Gasteiger partial charge on any atom is -0.381 e. The number of rotatable bonds is 6. The van der Waals surface area contributed by atoms with E-state index in [2.05, 4.69) is 45.6 Å². The van der Waals surface area contributed by atoms with Gasteiger partial charge in [-0.1, -0.05) is 44.2 Å². The van der Waals surface area contributed by atoms with Gasteiger partial charge in [0, 0.05) is 50.6 Å². The molecule has 1 spiro atoms. The van der Waals surface area contributed by atoms with Crippen LogP contribution in [0.5, 0.6) is 0 Å². The van der Waals surface area contributed by atoms with Crippen molar-refractivity contribution in [1.82, 2.24) is 19.7 Å². The zero-order chi connectivity index (χ0) is 20.3. The summed E-state index contributed by atoms with van der Waals surface area (Å²) in [5.41, 5.74) is 1.27. The van der Waals surface area contributed by atoms with Crippen molar-refractivity contribution in [3.8, 4) is 0 Å². The van der Waals surface area contributed by atoms with E-state index in [1.165, 1.54) is 5.56 Å². The van der Waals surface area contributed by atoms with Gasteiger partial charge < -0.3 is 14.2 Å². The van der Waals surface area contributed by atoms with E-state index in [-0.39, 0.29) is 17.2 Å². The lowest BCUT2D eigenvalue weighted by molar-refractivity contribution is -0.130. The summed E-state index contributed by atoms with van der Waals surface area (Å²) >= 11 is 0. The summed E-state index contributed by atoms with van der Waals surface area (Å²) in [6, 6.07) is 10.3. The Kier molecular flexibility index (Phi) is 5.99. The first-order valence-electron chi connectivity index (χ1n) is 10.8. The van der Waals surface area contributed by atoms with Gasteiger partial charge in [0.2, 0.25) is 5.91 Å². The van der Waals surface area contributed by atoms with E-state index in [4.69, 9.17) is 4.74 Å². The van der Waals surface area contributed by atoms with Gasteiger partial charge in [-0.2, -0.15) is 0 Å². The molecule has 1 amide bonds. The number of benzene rings is 1. The van der Waals surface area contributed by atoms with E-state index in [9.17, 15) is 4.79 Å². The number of amides is 1. The lowest BCUT2D eigenvalue weighted by Gasteiger charge is -2.37. The van der Waals surface area contributed by atoms with Crippen molar-refractivity contribution < 1.29 is 9.53 Å². The Bertz CT molecular complexity index is 811. The van der Waals surface area contributed by atoms with Crippen molar-refractivity contribution in [3.63, 3.8) is 0 Å². The molecular weight excluding hydrogens is 364 g/mol. The standard InChI is InChI=1S/C23H32N4O2/c1-18(2)14-27-17-24-25-22(27)20-15-26(16-23(20)10-12-29-13-11-23)21(28)9-8-19-6-4-3-5-7-19/h3-7,17-18,20H,8-16H2,1-2H3. The normalized spacial score (nSPS) is 21.2. The van der Waals surface area contributed by atoms with Crippen LogP contribution in [0.3, 0.4) is 0 Å². The van der Waals surface area contributed by atoms with Crippen LogP contribution in [-0.4, -0.2) is 51.9 Å². The van der Waals surface area contributed by atoms with Crippen molar-refractivity contribution in [2.24, 2.45) is 11.3 Å². The fraction of sp³-hybridized carbons (Fsp3) is 0.609. The van der Waals surface area contributed by atoms with Gasteiger partial charge in [-0.3, -0.25) is 4.79 Å². The molecule has 4 rings (SSSR count). The molecule has 0 N–H and O–H groups in total. The molecule has 0 aliphatic carbocycles. The fourth-order valence-electron chi connectivity index (χ4n) is 4.92. The highest BCUT2D eigenvalue weighted by atomic mass is 16.5. The lowest BCUT2D eigenvalue weighted by Crippen LogP contribution is -2.38. The quantitative estimate of drug-likeness (QED) is 0.752. The van der Waals surface area contributed by atoms with Crippen molar-refractivity contribution in [2.75, 3.05) is 26.3 Å². The van der Waals surface area contributed by atoms with Gasteiger partial charge in [0.1, 0.15) is 12.2 Å². The number of hydrogen-bond acceptors (Lipinski definition) is 4. The summed E-state index contributed by atoms with van der Waals surface area (Å²) in [5, 5.41) is 8.74. The fourth-order valence-corrected chi connectivity index (χ4v) is 4.92. The smallest absolute Gasteiger partial charge is 0.222 e.